The Hall–Kier alpha value is -1.26. The topological polar surface area (TPSA) is 61.7 Å². The number of phenolic OH excluding ortho intramolecular Hbond substituents is 2. The van der Waals surface area contributed by atoms with Gasteiger partial charge in [-0.05, 0) is 44.4 Å². The maximum absolute atomic E-state index is 9.46. The van der Waals surface area contributed by atoms with Gasteiger partial charge in [-0.25, -0.2) is 0 Å². The SMILES string of the molecule is CC(NCC1(C)CCCO1)c1cc(O)cc(O)c1. The monoisotopic (exact) mass is 251 g/mol. The minimum atomic E-state index is -0.0901. The molecule has 0 aromatic heterocycles. The van der Waals surface area contributed by atoms with Crippen LogP contribution in [0.15, 0.2) is 18.2 Å². The van der Waals surface area contributed by atoms with Gasteiger partial charge in [-0.1, -0.05) is 0 Å². The van der Waals surface area contributed by atoms with E-state index in [0.717, 1.165) is 31.6 Å². The van der Waals surface area contributed by atoms with Crippen molar-refractivity contribution in [2.75, 3.05) is 13.2 Å². The van der Waals surface area contributed by atoms with Crippen LogP contribution in [-0.2, 0) is 4.74 Å². The Morgan fingerprint density at radius 2 is 2.00 bits per heavy atom. The second-order valence-electron chi connectivity index (χ2n) is 5.29. The van der Waals surface area contributed by atoms with Gasteiger partial charge in [-0.2, -0.15) is 0 Å². The number of aromatic hydroxyl groups is 2. The van der Waals surface area contributed by atoms with Gasteiger partial charge in [0.15, 0.2) is 0 Å². The highest BCUT2D eigenvalue weighted by Crippen LogP contribution is 2.27. The highest BCUT2D eigenvalue weighted by molar-refractivity contribution is 5.37. The summed E-state index contributed by atoms with van der Waals surface area (Å²) in [5.74, 6) is 0.170. The van der Waals surface area contributed by atoms with Gasteiger partial charge in [0, 0.05) is 25.3 Å². The second kappa shape index (κ2) is 5.16. The predicted molar refractivity (Wildman–Crippen MR) is 69.8 cm³/mol. The molecule has 18 heavy (non-hydrogen) atoms. The van der Waals surface area contributed by atoms with E-state index in [0.29, 0.717) is 0 Å². The molecule has 0 bridgehead atoms. The number of benzene rings is 1. The summed E-state index contributed by atoms with van der Waals surface area (Å²) in [4.78, 5) is 0. The van der Waals surface area contributed by atoms with Crippen LogP contribution in [0.1, 0.15) is 38.3 Å². The van der Waals surface area contributed by atoms with Crippen molar-refractivity contribution in [1.29, 1.82) is 0 Å². The van der Waals surface area contributed by atoms with Crippen LogP contribution in [0.25, 0.3) is 0 Å². The van der Waals surface area contributed by atoms with Gasteiger partial charge in [0.2, 0.25) is 0 Å². The Morgan fingerprint density at radius 1 is 1.33 bits per heavy atom. The molecule has 1 heterocycles. The van der Waals surface area contributed by atoms with Gasteiger partial charge in [-0.3, -0.25) is 0 Å². The molecular weight excluding hydrogens is 230 g/mol. The van der Waals surface area contributed by atoms with Crippen molar-refractivity contribution >= 4 is 0 Å². The summed E-state index contributed by atoms with van der Waals surface area (Å²) in [6, 6.07) is 4.71. The maximum Gasteiger partial charge on any atom is 0.119 e. The molecule has 0 spiro atoms. The van der Waals surface area contributed by atoms with Crippen LogP contribution in [0.4, 0.5) is 0 Å². The van der Waals surface area contributed by atoms with Gasteiger partial charge >= 0.3 is 0 Å². The molecule has 1 aliphatic rings. The van der Waals surface area contributed by atoms with E-state index in [1.807, 2.05) is 6.92 Å². The smallest absolute Gasteiger partial charge is 0.119 e. The minimum Gasteiger partial charge on any atom is -0.508 e. The molecule has 1 saturated heterocycles. The first-order valence-electron chi connectivity index (χ1n) is 6.39. The van der Waals surface area contributed by atoms with E-state index in [-0.39, 0.29) is 23.1 Å². The lowest BCUT2D eigenvalue weighted by molar-refractivity contribution is 0.0191. The highest BCUT2D eigenvalue weighted by atomic mass is 16.5. The van der Waals surface area contributed by atoms with Crippen molar-refractivity contribution in [3.8, 4) is 11.5 Å². The molecule has 4 nitrogen and oxygen atoms in total. The Morgan fingerprint density at radius 3 is 2.56 bits per heavy atom. The first-order chi connectivity index (χ1) is 8.48. The standard InChI is InChI=1S/C14H21NO3/c1-10(11-6-12(16)8-13(17)7-11)15-9-14(2)4-3-5-18-14/h6-8,10,15-17H,3-5,9H2,1-2H3. The number of hydrogen-bond acceptors (Lipinski definition) is 4. The van der Waals surface area contributed by atoms with Crippen LogP contribution < -0.4 is 5.32 Å². The van der Waals surface area contributed by atoms with Gasteiger partial charge in [0.1, 0.15) is 11.5 Å². The van der Waals surface area contributed by atoms with Crippen molar-refractivity contribution in [2.45, 2.75) is 38.3 Å². The minimum absolute atomic E-state index is 0.0593. The molecule has 1 aliphatic heterocycles. The molecule has 0 aliphatic carbocycles. The third-order valence-corrected chi connectivity index (χ3v) is 3.51. The van der Waals surface area contributed by atoms with E-state index in [2.05, 4.69) is 12.2 Å². The average molecular weight is 251 g/mol. The molecule has 0 saturated carbocycles. The number of hydrogen-bond donors (Lipinski definition) is 3. The Balaban J connectivity index is 1.96. The van der Waals surface area contributed by atoms with E-state index in [1.54, 1.807) is 12.1 Å². The summed E-state index contributed by atoms with van der Waals surface area (Å²) in [7, 11) is 0. The van der Waals surface area contributed by atoms with Crippen LogP contribution in [0.2, 0.25) is 0 Å². The van der Waals surface area contributed by atoms with Crippen LogP contribution >= 0.6 is 0 Å². The van der Waals surface area contributed by atoms with E-state index >= 15 is 0 Å². The Labute approximate surface area is 108 Å². The maximum atomic E-state index is 9.46. The summed E-state index contributed by atoms with van der Waals surface area (Å²) >= 11 is 0. The van der Waals surface area contributed by atoms with Crippen molar-refractivity contribution in [3.63, 3.8) is 0 Å². The van der Waals surface area contributed by atoms with Crippen LogP contribution in [0.5, 0.6) is 11.5 Å². The number of ether oxygens (including phenoxy) is 1. The molecule has 1 aromatic carbocycles. The zero-order valence-electron chi connectivity index (χ0n) is 10.9. The van der Waals surface area contributed by atoms with E-state index < -0.39 is 0 Å². The van der Waals surface area contributed by atoms with E-state index in [1.165, 1.54) is 6.07 Å². The lowest BCUT2D eigenvalue weighted by Gasteiger charge is -2.26. The molecule has 1 fully saturated rings. The molecule has 2 unspecified atom stereocenters. The van der Waals surface area contributed by atoms with Gasteiger partial charge in [-0.15, -0.1) is 0 Å². The lowest BCUT2D eigenvalue weighted by Crippen LogP contribution is -2.38. The number of phenols is 2. The molecule has 0 amide bonds. The molecule has 3 N–H and O–H groups in total. The van der Waals surface area contributed by atoms with Crippen molar-refractivity contribution in [3.05, 3.63) is 23.8 Å². The highest BCUT2D eigenvalue weighted by Gasteiger charge is 2.29. The van der Waals surface area contributed by atoms with Crippen molar-refractivity contribution < 1.29 is 14.9 Å². The molecule has 100 valence electrons. The average Bonchev–Trinajstić information content (AvgIpc) is 2.72. The quantitative estimate of drug-likeness (QED) is 0.768. The second-order valence-corrected chi connectivity index (χ2v) is 5.29. The van der Waals surface area contributed by atoms with Gasteiger partial charge in [0.05, 0.1) is 5.60 Å². The molecular formula is C14H21NO3. The third-order valence-electron chi connectivity index (χ3n) is 3.51. The summed E-state index contributed by atoms with van der Waals surface area (Å²) in [6.45, 7) is 5.72. The first-order valence-corrected chi connectivity index (χ1v) is 6.39. The van der Waals surface area contributed by atoms with Crippen LogP contribution in [-0.4, -0.2) is 29.0 Å². The first kappa shape index (κ1) is 13.2. The molecule has 0 radical (unpaired) electrons. The van der Waals surface area contributed by atoms with Crippen LogP contribution in [0.3, 0.4) is 0 Å². The largest absolute Gasteiger partial charge is 0.508 e. The molecule has 4 heteroatoms. The van der Waals surface area contributed by atoms with Gasteiger partial charge < -0.3 is 20.3 Å². The molecule has 2 rings (SSSR count). The van der Waals surface area contributed by atoms with E-state index in [9.17, 15) is 10.2 Å². The summed E-state index contributed by atoms with van der Waals surface area (Å²) < 4.78 is 5.71. The fourth-order valence-corrected chi connectivity index (χ4v) is 2.33. The predicted octanol–water partition coefficient (Wildman–Crippen LogP) is 2.32. The van der Waals surface area contributed by atoms with E-state index in [4.69, 9.17) is 4.74 Å². The normalized spacial score (nSPS) is 25.2. The van der Waals surface area contributed by atoms with Crippen molar-refractivity contribution in [2.24, 2.45) is 0 Å². The molecule has 1 aromatic rings. The summed E-state index contributed by atoms with van der Waals surface area (Å²) in [5, 5.41) is 22.3. The zero-order valence-corrected chi connectivity index (χ0v) is 10.9. The summed E-state index contributed by atoms with van der Waals surface area (Å²) in [6.07, 6.45) is 2.18. The zero-order chi connectivity index (χ0) is 13.2. The number of rotatable bonds is 4. The fourth-order valence-electron chi connectivity index (χ4n) is 2.33. The lowest BCUT2D eigenvalue weighted by atomic mass is 10.0. The Kier molecular flexibility index (Phi) is 3.78. The summed E-state index contributed by atoms with van der Waals surface area (Å²) in [5.41, 5.74) is 0.779. The van der Waals surface area contributed by atoms with Gasteiger partial charge in [0.25, 0.3) is 0 Å². The number of nitrogens with one attached hydrogen (secondary N) is 1. The fraction of sp³-hybridized carbons (Fsp3) is 0.571. The van der Waals surface area contributed by atoms with Crippen molar-refractivity contribution in [1.82, 2.24) is 5.32 Å². The molecule has 2 atom stereocenters. The third kappa shape index (κ3) is 3.15. The Bertz CT molecular complexity index is 393. The van der Waals surface area contributed by atoms with Crippen LogP contribution in [0, 0.1) is 0 Å².